The van der Waals surface area contributed by atoms with Crippen molar-refractivity contribution in [2.45, 2.75) is 25.4 Å². The Morgan fingerprint density at radius 2 is 1.96 bits per heavy atom. The molecule has 1 N–H and O–H groups in total. The maximum Gasteiger partial charge on any atom is 0.0408 e. The number of fused-ring (bicyclic) bond motifs is 3. The van der Waals surface area contributed by atoms with Gasteiger partial charge in [-0.2, -0.15) is 0 Å². The van der Waals surface area contributed by atoms with Crippen LogP contribution in [-0.2, 0) is 13.0 Å². The summed E-state index contributed by atoms with van der Waals surface area (Å²) < 4.78 is 0. The Morgan fingerprint density at radius 3 is 2.83 bits per heavy atom. The van der Waals surface area contributed by atoms with Crippen molar-refractivity contribution in [3.63, 3.8) is 0 Å². The van der Waals surface area contributed by atoms with Gasteiger partial charge in [-0.15, -0.1) is 0 Å². The van der Waals surface area contributed by atoms with Crippen molar-refractivity contribution in [1.82, 2.24) is 10.2 Å². The zero-order chi connectivity index (χ0) is 16.5. The fourth-order valence-electron chi connectivity index (χ4n) is 4.11. The lowest BCUT2D eigenvalue weighted by molar-refractivity contribution is 0.402. The molecule has 1 unspecified atom stereocenters. The molecular weight excluding hydrogens is 294 g/mol. The van der Waals surface area contributed by atoms with Crippen LogP contribution in [0, 0.1) is 0 Å². The smallest absolute Gasteiger partial charge is 0.0408 e. The highest BCUT2D eigenvalue weighted by Crippen LogP contribution is 2.37. The summed E-state index contributed by atoms with van der Waals surface area (Å²) in [7, 11) is 4.24. The predicted molar refractivity (Wildman–Crippen MR) is 102 cm³/mol. The van der Waals surface area contributed by atoms with Crippen molar-refractivity contribution in [2.75, 3.05) is 38.6 Å². The third-order valence-corrected chi connectivity index (χ3v) is 5.23. The second-order valence-electron chi connectivity index (χ2n) is 7.37. The second-order valence-corrected chi connectivity index (χ2v) is 7.37. The van der Waals surface area contributed by atoms with Gasteiger partial charge in [-0.3, -0.25) is 0 Å². The van der Waals surface area contributed by atoms with Gasteiger partial charge >= 0.3 is 0 Å². The minimum absolute atomic E-state index is 0.685. The number of benzene rings is 2. The third-order valence-electron chi connectivity index (χ3n) is 5.23. The Morgan fingerprint density at radius 1 is 1.08 bits per heavy atom. The maximum atomic E-state index is 3.53. The van der Waals surface area contributed by atoms with Gasteiger partial charge < -0.3 is 15.1 Å². The summed E-state index contributed by atoms with van der Waals surface area (Å²) in [5, 5.41) is 3.53. The molecule has 2 aromatic rings. The number of hydrogen-bond acceptors (Lipinski definition) is 3. The van der Waals surface area contributed by atoms with E-state index in [-0.39, 0.29) is 0 Å². The zero-order valence-corrected chi connectivity index (χ0v) is 14.8. The maximum absolute atomic E-state index is 3.53. The molecule has 3 heteroatoms. The molecule has 3 nitrogen and oxygen atoms in total. The second kappa shape index (κ2) is 6.58. The van der Waals surface area contributed by atoms with E-state index < -0.39 is 0 Å². The van der Waals surface area contributed by atoms with Crippen molar-refractivity contribution in [1.29, 1.82) is 0 Å². The van der Waals surface area contributed by atoms with E-state index in [0.29, 0.717) is 6.04 Å². The van der Waals surface area contributed by atoms with Crippen LogP contribution in [0.2, 0.25) is 0 Å². The third kappa shape index (κ3) is 3.06. The van der Waals surface area contributed by atoms with Crippen LogP contribution in [0.1, 0.15) is 17.5 Å². The molecule has 2 heterocycles. The van der Waals surface area contributed by atoms with Crippen molar-refractivity contribution < 1.29 is 0 Å². The highest BCUT2D eigenvalue weighted by atomic mass is 15.2. The van der Waals surface area contributed by atoms with E-state index in [2.05, 4.69) is 71.7 Å². The minimum atomic E-state index is 0.685. The summed E-state index contributed by atoms with van der Waals surface area (Å²) in [6, 6.07) is 16.7. The van der Waals surface area contributed by atoms with Crippen LogP contribution in [0.25, 0.3) is 11.1 Å². The van der Waals surface area contributed by atoms with Crippen LogP contribution < -0.4 is 10.2 Å². The topological polar surface area (TPSA) is 18.5 Å². The van der Waals surface area contributed by atoms with Crippen molar-refractivity contribution >= 4 is 5.69 Å². The van der Waals surface area contributed by atoms with Gasteiger partial charge in [0, 0.05) is 31.4 Å². The van der Waals surface area contributed by atoms with Gasteiger partial charge in [-0.25, -0.2) is 0 Å². The summed E-state index contributed by atoms with van der Waals surface area (Å²) in [5.41, 5.74) is 7.02. The number of hydrogen-bond donors (Lipinski definition) is 1. The molecule has 24 heavy (non-hydrogen) atoms. The van der Waals surface area contributed by atoms with Crippen molar-refractivity contribution in [3.8, 4) is 11.1 Å². The number of rotatable bonds is 3. The summed E-state index contributed by atoms with van der Waals surface area (Å²) in [6.45, 7) is 4.35. The van der Waals surface area contributed by atoms with Gasteiger partial charge in [-0.05, 0) is 67.9 Å². The molecular formula is C21H27N3. The first-order valence-corrected chi connectivity index (χ1v) is 9.05. The molecule has 0 spiro atoms. The Hall–Kier alpha value is -1.84. The molecule has 2 aromatic carbocycles. The Balaban J connectivity index is 1.66. The van der Waals surface area contributed by atoms with Gasteiger partial charge in [0.2, 0.25) is 0 Å². The SMILES string of the molecule is CN(C)Cc1cccc(-c2ccc3c(c2)N2CCNCCC2C3)c1. The Labute approximate surface area is 145 Å². The van der Waals surface area contributed by atoms with Gasteiger partial charge in [0.05, 0.1) is 0 Å². The van der Waals surface area contributed by atoms with Crippen LogP contribution in [0.15, 0.2) is 42.5 Å². The summed E-state index contributed by atoms with van der Waals surface area (Å²) in [6.07, 6.45) is 2.46. The van der Waals surface area contributed by atoms with E-state index >= 15 is 0 Å². The van der Waals surface area contributed by atoms with Crippen LogP contribution in [0.3, 0.4) is 0 Å². The van der Waals surface area contributed by atoms with Crippen LogP contribution in [0.4, 0.5) is 5.69 Å². The molecule has 2 aliphatic rings. The molecule has 0 aromatic heterocycles. The van der Waals surface area contributed by atoms with E-state index in [1.54, 1.807) is 0 Å². The lowest BCUT2D eigenvalue weighted by Gasteiger charge is -2.25. The molecule has 0 aliphatic carbocycles. The average Bonchev–Trinajstić information content (AvgIpc) is 2.75. The first kappa shape index (κ1) is 15.7. The molecule has 0 saturated carbocycles. The van der Waals surface area contributed by atoms with Crippen molar-refractivity contribution in [3.05, 3.63) is 53.6 Å². The number of anilines is 1. The van der Waals surface area contributed by atoms with E-state index in [0.717, 1.165) is 26.2 Å². The molecule has 0 amide bonds. The van der Waals surface area contributed by atoms with Gasteiger partial charge in [0.1, 0.15) is 0 Å². The lowest BCUT2D eigenvalue weighted by Crippen LogP contribution is -2.32. The fraction of sp³-hybridized carbons (Fsp3) is 0.429. The standard InChI is InChI=1S/C21H27N3/c1-23(2)15-16-4-3-5-17(12-16)18-6-7-19-13-20-8-9-22-10-11-24(20)21(19)14-18/h3-7,12,14,20,22H,8-11,13,15H2,1-2H3. The van der Waals surface area contributed by atoms with Crippen LogP contribution in [-0.4, -0.2) is 44.7 Å². The quantitative estimate of drug-likeness (QED) is 0.937. The molecule has 1 fully saturated rings. The average molecular weight is 321 g/mol. The summed E-state index contributed by atoms with van der Waals surface area (Å²) in [5.74, 6) is 0. The van der Waals surface area contributed by atoms with Gasteiger partial charge in [0.15, 0.2) is 0 Å². The lowest BCUT2D eigenvalue weighted by atomic mass is 10.00. The molecule has 0 radical (unpaired) electrons. The highest BCUT2D eigenvalue weighted by molar-refractivity contribution is 5.73. The highest BCUT2D eigenvalue weighted by Gasteiger charge is 2.30. The summed E-state index contributed by atoms with van der Waals surface area (Å²) in [4.78, 5) is 4.85. The Kier molecular flexibility index (Phi) is 4.30. The van der Waals surface area contributed by atoms with E-state index in [1.807, 2.05) is 0 Å². The molecule has 1 saturated heterocycles. The van der Waals surface area contributed by atoms with Gasteiger partial charge in [-0.1, -0.05) is 30.3 Å². The molecule has 0 bridgehead atoms. The monoisotopic (exact) mass is 321 g/mol. The van der Waals surface area contributed by atoms with Crippen molar-refractivity contribution in [2.24, 2.45) is 0 Å². The molecule has 2 aliphatic heterocycles. The normalized spacial score (nSPS) is 20.0. The van der Waals surface area contributed by atoms with Gasteiger partial charge in [0.25, 0.3) is 0 Å². The molecule has 1 atom stereocenters. The van der Waals surface area contributed by atoms with Crippen LogP contribution >= 0.6 is 0 Å². The first-order valence-electron chi connectivity index (χ1n) is 9.05. The number of nitrogens with one attached hydrogen (secondary N) is 1. The molecule has 4 rings (SSSR count). The van der Waals surface area contributed by atoms with Crippen LogP contribution in [0.5, 0.6) is 0 Å². The van der Waals surface area contributed by atoms with E-state index in [9.17, 15) is 0 Å². The largest absolute Gasteiger partial charge is 0.367 e. The first-order chi connectivity index (χ1) is 11.7. The zero-order valence-electron chi connectivity index (χ0n) is 14.8. The van der Waals surface area contributed by atoms with E-state index in [4.69, 9.17) is 0 Å². The summed E-state index contributed by atoms with van der Waals surface area (Å²) >= 11 is 0. The van der Waals surface area contributed by atoms with E-state index in [1.165, 1.54) is 40.8 Å². The Bertz CT molecular complexity index is 723. The predicted octanol–water partition coefficient (Wildman–Crippen LogP) is 3.14. The molecule has 126 valence electrons. The fourth-order valence-corrected chi connectivity index (χ4v) is 4.11. The number of nitrogens with zero attached hydrogens (tertiary/aromatic N) is 2. The minimum Gasteiger partial charge on any atom is -0.367 e.